The second-order valence-corrected chi connectivity index (χ2v) is 9.34. The van der Waals surface area contributed by atoms with E-state index in [0.717, 1.165) is 47.1 Å². The molecule has 0 spiro atoms. The number of rotatable bonds is 7. The van der Waals surface area contributed by atoms with Crippen LogP contribution in [0.3, 0.4) is 0 Å². The highest BCUT2D eigenvalue weighted by molar-refractivity contribution is 5.82. The summed E-state index contributed by atoms with van der Waals surface area (Å²) < 4.78 is 24.5. The predicted molar refractivity (Wildman–Crippen MR) is 140 cm³/mol. The molecule has 3 aromatic carbocycles. The minimum atomic E-state index is -0.247. The minimum absolute atomic E-state index is 0.00493. The number of hydrogen-bond acceptors (Lipinski definition) is 5. The number of hydrogen-bond donors (Lipinski definition) is 1. The molecule has 2 unspecified atom stereocenters. The molecule has 1 amide bonds. The van der Waals surface area contributed by atoms with Crippen molar-refractivity contribution in [3.8, 4) is 11.5 Å². The third-order valence-corrected chi connectivity index (χ3v) is 7.34. The Labute approximate surface area is 211 Å². The molecule has 36 heavy (non-hydrogen) atoms. The first-order valence-electron chi connectivity index (χ1n) is 12.4. The third-order valence-electron chi connectivity index (χ3n) is 7.34. The summed E-state index contributed by atoms with van der Waals surface area (Å²) in [5.74, 6) is 1.26. The number of anilines is 2. The summed E-state index contributed by atoms with van der Waals surface area (Å²) in [6.45, 7) is 2.79. The van der Waals surface area contributed by atoms with Gasteiger partial charge in [0.2, 0.25) is 5.91 Å². The number of fused-ring (bicyclic) bond motifs is 3. The highest BCUT2D eigenvalue weighted by Gasteiger charge is 2.41. The maximum atomic E-state index is 13.6. The van der Waals surface area contributed by atoms with E-state index in [-0.39, 0.29) is 23.7 Å². The lowest BCUT2D eigenvalue weighted by Gasteiger charge is -2.49. The predicted octanol–water partition coefficient (Wildman–Crippen LogP) is 4.07. The van der Waals surface area contributed by atoms with Gasteiger partial charge in [-0.05, 0) is 60.4 Å². The third kappa shape index (κ3) is 4.83. The Morgan fingerprint density at radius 3 is 2.61 bits per heavy atom. The van der Waals surface area contributed by atoms with Crippen LogP contribution in [-0.4, -0.2) is 52.3 Å². The van der Waals surface area contributed by atoms with Crippen molar-refractivity contribution < 1.29 is 18.7 Å². The lowest BCUT2D eigenvalue weighted by molar-refractivity contribution is -0.125. The number of piperazine rings is 1. The minimum Gasteiger partial charge on any atom is -0.497 e. The zero-order valence-corrected chi connectivity index (χ0v) is 20.7. The Kier molecular flexibility index (Phi) is 6.98. The number of amides is 1. The van der Waals surface area contributed by atoms with E-state index in [1.54, 1.807) is 14.2 Å². The first-order chi connectivity index (χ1) is 17.6. The van der Waals surface area contributed by atoms with Gasteiger partial charge < -0.3 is 24.6 Å². The van der Waals surface area contributed by atoms with Crippen molar-refractivity contribution >= 4 is 17.3 Å². The Balaban J connectivity index is 1.36. The molecular weight excluding hydrogens is 457 g/mol. The van der Waals surface area contributed by atoms with Crippen LogP contribution < -0.4 is 24.6 Å². The van der Waals surface area contributed by atoms with Crippen molar-refractivity contribution in [3.63, 3.8) is 0 Å². The molecule has 0 aliphatic carbocycles. The van der Waals surface area contributed by atoms with Gasteiger partial charge in [-0.15, -0.1) is 0 Å². The fourth-order valence-electron chi connectivity index (χ4n) is 5.45. The normalized spacial score (nSPS) is 18.8. The van der Waals surface area contributed by atoms with Crippen LogP contribution >= 0.6 is 0 Å². The molecule has 3 aromatic rings. The Morgan fingerprint density at radius 1 is 1.03 bits per heavy atom. The van der Waals surface area contributed by atoms with Crippen LogP contribution in [-0.2, 0) is 17.6 Å². The van der Waals surface area contributed by atoms with Crippen LogP contribution in [0.15, 0.2) is 66.7 Å². The zero-order valence-electron chi connectivity index (χ0n) is 20.7. The van der Waals surface area contributed by atoms with Crippen molar-refractivity contribution in [2.75, 3.05) is 50.2 Å². The number of carbonyl (C=O) groups is 1. The number of methoxy groups -OCH3 is 2. The van der Waals surface area contributed by atoms with E-state index in [2.05, 4.69) is 27.2 Å². The molecular formula is C29H32FN3O3. The summed E-state index contributed by atoms with van der Waals surface area (Å²) in [5.41, 5.74) is 4.34. The summed E-state index contributed by atoms with van der Waals surface area (Å²) in [6.07, 6.45) is 1.37. The maximum Gasteiger partial charge on any atom is 0.225 e. The molecule has 1 fully saturated rings. The Hall–Kier alpha value is -3.74. The van der Waals surface area contributed by atoms with E-state index < -0.39 is 0 Å². The van der Waals surface area contributed by atoms with E-state index >= 15 is 0 Å². The Bertz CT molecular complexity index is 1220. The van der Waals surface area contributed by atoms with E-state index in [1.165, 1.54) is 12.1 Å². The average molecular weight is 490 g/mol. The standard InChI is InChI=1S/C29H32FN3O3/c1-35-24-12-7-21-17-25(29(34)31-14-13-20-5-3-4-6-28(20)36-2)27-19-32(15-16-33(27)26(21)18-24)23-10-8-22(30)9-11-23/h3-12,18,25,27H,13-17,19H2,1-2H3,(H,31,34). The van der Waals surface area contributed by atoms with Crippen molar-refractivity contribution in [1.82, 2.24) is 5.32 Å². The van der Waals surface area contributed by atoms with Gasteiger partial charge in [0.15, 0.2) is 0 Å². The largest absolute Gasteiger partial charge is 0.497 e. The highest BCUT2D eigenvalue weighted by atomic mass is 19.1. The summed E-state index contributed by atoms with van der Waals surface area (Å²) >= 11 is 0. The number of halogens is 1. The first-order valence-corrected chi connectivity index (χ1v) is 12.4. The molecule has 1 saturated heterocycles. The topological polar surface area (TPSA) is 54.0 Å². The number of carbonyl (C=O) groups excluding carboxylic acids is 1. The van der Waals surface area contributed by atoms with Gasteiger partial charge >= 0.3 is 0 Å². The van der Waals surface area contributed by atoms with Crippen LogP contribution in [0.1, 0.15) is 11.1 Å². The molecule has 0 radical (unpaired) electrons. The molecule has 0 bridgehead atoms. The molecule has 188 valence electrons. The molecule has 1 N–H and O–H groups in total. The summed E-state index contributed by atoms with van der Waals surface area (Å²) in [7, 11) is 3.34. The van der Waals surface area contributed by atoms with Crippen molar-refractivity contribution in [2.24, 2.45) is 5.92 Å². The van der Waals surface area contributed by atoms with E-state index in [4.69, 9.17) is 9.47 Å². The quantitative estimate of drug-likeness (QED) is 0.542. The van der Waals surface area contributed by atoms with Gasteiger partial charge in [-0.2, -0.15) is 0 Å². The van der Waals surface area contributed by atoms with Crippen molar-refractivity contribution in [2.45, 2.75) is 18.9 Å². The van der Waals surface area contributed by atoms with Crippen LogP contribution in [0.25, 0.3) is 0 Å². The van der Waals surface area contributed by atoms with E-state index in [9.17, 15) is 9.18 Å². The van der Waals surface area contributed by atoms with Gasteiger partial charge in [-0.3, -0.25) is 4.79 Å². The van der Waals surface area contributed by atoms with Gasteiger partial charge in [0.25, 0.3) is 0 Å². The second-order valence-electron chi connectivity index (χ2n) is 9.34. The SMILES string of the molecule is COc1ccc2c(c1)N1CCN(c3ccc(F)cc3)CC1C(C(=O)NCCc1ccccc1OC)C2. The molecule has 7 heteroatoms. The van der Waals surface area contributed by atoms with Gasteiger partial charge in [-0.1, -0.05) is 24.3 Å². The number of para-hydroxylation sites is 1. The second kappa shape index (κ2) is 10.5. The van der Waals surface area contributed by atoms with Crippen LogP contribution in [0.4, 0.5) is 15.8 Å². The van der Waals surface area contributed by atoms with Gasteiger partial charge in [-0.25, -0.2) is 4.39 Å². The molecule has 2 atom stereocenters. The smallest absolute Gasteiger partial charge is 0.225 e. The van der Waals surface area contributed by atoms with Crippen LogP contribution in [0.2, 0.25) is 0 Å². The zero-order chi connectivity index (χ0) is 25.1. The number of benzene rings is 3. The summed E-state index contributed by atoms with van der Waals surface area (Å²) in [6, 6.07) is 20.6. The molecule has 6 nitrogen and oxygen atoms in total. The lowest BCUT2D eigenvalue weighted by Crippen LogP contribution is -2.61. The van der Waals surface area contributed by atoms with Gasteiger partial charge in [0.1, 0.15) is 17.3 Å². The number of ether oxygens (including phenoxy) is 2. The van der Waals surface area contributed by atoms with Crippen LogP contribution in [0, 0.1) is 11.7 Å². The fourth-order valence-corrected chi connectivity index (χ4v) is 5.45. The molecule has 2 heterocycles. The molecule has 5 rings (SSSR count). The summed E-state index contributed by atoms with van der Waals surface area (Å²) in [5, 5.41) is 3.19. The highest BCUT2D eigenvalue weighted by Crippen LogP contribution is 2.39. The maximum absolute atomic E-state index is 13.6. The van der Waals surface area contributed by atoms with Crippen molar-refractivity contribution in [1.29, 1.82) is 0 Å². The average Bonchev–Trinajstić information content (AvgIpc) is 2.92. The van der Waals surface area contributed by atoms with Crippen molar-refractivity contribution in [3.05, 3.63) is 83.7 Å². The molecule has 2 aliphatic heterocycles. The van der Waals surface area contributed by atoms with E-state index in [0.29, 0.717) is 25.9 Å². The monoisotopic (exact) mass is 489 g/mol. The number of nitrogens with zero attached hydrogens (tertiary/aromatic N) is 2. The Morgan fingerprint density at radius 2 is 1.83 bits per heavy atom. The summed E-state index contributed by atoms with van der Waals surface area (Å²) in [4.78, 5) is 18.2. The molecule has 2 aliphatic rings. The molecule has 0 aromatic heterocycles. The number of nitrogens with one attached hydrogen (secondary N) is 1. The van der Waals surface area contributed by atoms with Gasteiger partial charge in [0, 0.05) is 43.6 Å². The van der Waals surface area contributed by atoms with E-state index in [1.807, 2.05) is 42.5 Å². The molecule has 0 saturated carbocycles. The lowest BCUT2D eigenvalue weighted by atomic mass is 9.83. The first kappa shape index (κ1) is 24.0. The van der Waals surface area contributed by atoms with Crippen LogP contribution in [0.5, 0.6) is 11.5 Å². The van der Waals surface area contributed by atoms with Gasteiger partial charge in [0.05, 0.1) is 26.2 Å². The fraction of sp³-hybridized carbons (Fsp3) is 0.345.